The Balaban J connectivity index is 1.42. The van der Waals surface area contributed by atoms with Gasteiger partial charge in [-0.15, -0.1) is 0 Å². The van der Waals surface area contributed by atoms with Crippen LogP contribution in [0, 0.1) is 0 Å². The van der Waals surface area contributed by atoms with Gasteiger partial charge in [0.05, 0.1) is 12.1 Å². The second-order valence-corrected chi connectivity index (χ2v) is 6.67. The van der Waals surface area contributed by atoms with Crippen LogP contribution < -0.4 is 15.5 Å². The Morgan fingerprint density at radius 3 is 2.39 bits per heavy atom. The van der Waals surface area contributed by atoms with Crippen LogP contribution in [0.1, 0.15) is 38.5 Å². The Bertz CT molecular complexity index is 500. The molecule has 0 aromatic heterocycles. The number of rotatable bonds is 3. The van der Waals surface area contributed by atoms with Gasteiger partial charge in [0.2, 0.25) is 0 Å². The third-order valence-electron chi connectivity index (χ3n) is 5.00. The van der Waals surface area contributed by atoms with E-state index in [0.29, 0.717) is 0 Å². The van der Waals surface area contributed by atoms with Crippen LogP contribution in [-0.4, -0.2) is 42.4 Å². The molecule has 1 aromatic carbocycles. The zero-order chi connectivity index (χ0) is 16.1. The molecule has 0 radical (unpaired) electrons. The van der Waals surface area contributed by atoms with Crippen LogP contribution in [0.4, 0.5) is 10.5 Å². The second-order valence-electron chi connectivity index (χ2n) is 6.67. The molecule has 1 aliphatic heterocycles. The van der Waals surface area contributed by atoms with Gasteiger partial charge in [-0.2, -0.15) is 0 Å². The summed E-state index contributed by atoms with van der Waals surface area (Å²) < 4.78 is 0. The first kappa shape index (κ1) is 16.1. The Kier molecular flexibility index (Phi) is 5.39. The van der Waals surface area contributed by atoms with Crippen LogP contribution in [-0.2, 0) is 0 Å². The number of hydrogen-bond acceptors (Lipinski definition) is 3. The number of hydrogen-bond donors (Lipinski definition) is 3. The van der Waals surface area contributed by atoms with Gasteiger partial charge in [-0.3, -0.25) is 0 Å². The van der Waals surface area contributed by atoms with Gasteiger partial charge in [0.15, 0.2) is 0 Å². The number of nitrogens with zero attached hydrogens (tertiary/aromatic N) is 1. The predicted molar refractivity (Wildman–Crippen MR) is 91.6 cm³/mol. The summed E-state index contributed by atoms with van der Waals surface area (Å²) in [6, 6.07) is 10.4. The molecule has 23 heavy (non-hydrogen) atoms. The molecule has 1 aromatic rings. The lowest BCUT2D eigenvalue weighted by molar-refractivity contribution is 0.0939. The van der Waals surface area contributed by atoms with Crippen LogP contribution in [0.5, 0.6) is 0 Å². The van der Waals surface area contributed by atoms with Crippen molar-refractivity contribution in [2.45, 2.75) is 56.7 Å². The quantitative estimate of drug-likeness (QED) is 0.801. The first-order valence-electron chi connectivity index (χ1n) is 8.77. The maximum absolute atomic E-state index is 12.1. The van der Waals surface area contributed by atoms with Gasteiger partial charge >= 0.3 is 6.03 Å². The average molecular weight is 317 g/mol. The standard InChI is InChI=1S/C18H27N3O2/c22-17-9-5-4-8-16(17)20-18(23)19-14-10-12-21(13-11-14)15-6-2-1-3-7-15/h1-3,6-7,14,16-17,22H,4-5,8-13H2,(H2,19,20,23). The van der Waals surface area contributed by atoms with Crippen molar-refractivity contribution in [2.75, 3.05) is 18.0 Å². The Morgan fingerprint density at radius 2 is 1.70 bits per heavy atom. The van der Waals surface area contributed by atoms with E-state index in [1.54, 1.807) is 0 Å². The van der Waals surface area contributed by atoms with Gasteiger partial charge in [-0.1, -0.05) is 31.0 Å². The highest BCUT2D eigenvalue weighted by atomic mass is 16.3. The zero-order valence-electron chi connectivity index (χ0n) is 13.6. The number of urea groups is 1. The summed E-state index contributed by atoms with van der Waals surface area (Å²) in [5.74, 6) is 0. The lowest BCUT2D eigenvalue weighted by Crippen LogP contribution is -2.53. The van der Waals surface area contributed by atoms with Crippen molar-refractivity contribution in [2.24, 2.45) is 0 Å². The molecule has 5 heteroatoms. The van der Waals surface area contributed by atoms with E-state index in [1.807, 2.05) is 6.07 Å². The fraction of sp³-hybridized carbons (Fsp3) is 0.611. The van der Waals surface area contributed by atoms with Crippen LogP contribution >= 0.6 is 0 Å². The lowest BCUT2D eigenvalue weighted by Gasteiger charge is -2.34. The summed E-state index contributed by atoms with van der Waals surface area (Å²) >= 11 is 0. The van der Waals surface area contributed by atoms with E-state index in [-0.39, 0.29) is 18.1 Å². The fourth-order valence-electron chi connectivity index (χ4n) is 3.60. The lowest BCUT2D eigenvalue weighted by atomic mass is 9.93. The number of benzene rings is 1. The molecule has 5 nitrogen and oxygen atoms in total. The Labute approximate surface area is 138 Å². The maximum atomic E-state index is 12.1. The third-order valence-corrected chi connectivity index (χ3v) is 5.00. The average Bonchev–Trinajstić information content (AvgIpc) is 2.58. The first-order chi connectivity index (χ1) is 11.2. The van der Waals surface area contributed by atoms with Crippen molar-refractivity contribution in [1.29, 1.82) is 0 Å². The Hall–Kier alpha value is -1.75. The van der Waals surface area contributed by atoms with Crippen molar-refractivity contribution in [3.05, 3.63) is 30.3 Å². The van der Waals surface area contributed by atoms with Crippen LogP contribution in [0.25, 0.3) is 0 Å². The zero-order valence-corrected chi connectivity index (χ0v) is 13.6. The van der Waals surface area contributed by atoms with Crippen molar-refractivity contribution in [3.63, 3.8) is 0 Å². The van der Waals surface area contributed by atoms with E-state index < -0.39 is 6.10 Å². The molecule has 1 aliphatic carbocycles. The van der Waals surface area contributed by atoms with Gasteiger partial charge in [0.1, 0.15) is 0 Å². The summed E-state index contributed by atoms with van der Waals surface area (Å²) in [6.45, 7) is 1.92. The van der Waals surface area contributed by atoms with E-state index in [0.717, 1.165) is 51.6 Å². The van der Waals surface area contributed by atoms with Crippen molar-refractivity contribution in [1.82, 2.24) is 10.6 Å². The summed E-state index contributed by atoms with van der Waals surface area (Å²) in [6.07, 6.45) is 5.32. The number of amides is 2. The van der Waals surface area contributed by atoms with E-state index in [9.17, 15) is 9.90 Å². The van der Waals surface area contributed by atoms with Crippen LogP contribution in [0.15, 0.2) is 30.3 Å². The van der Waals surface area contributed by atoms with Gasteiger partial charge < -0.3 is 20.6 Å². The normalized spacial score (nSPS) is 25.9. The molecule has 0 spiro atoms. The van der Waals surface area contributed by atoms with Gasteiger partial charge in [0.25, 0.3) is 0 Å². The SMILES string of the molecule is O=C(NC1CCN(c2ccccc2)CC1)NC1CCCCC1O. The van der Waals surface area contributed by atoms with Crippen molar-refractivity contribution < 1.29 is 9.90 Å². The largest absolute Gasteiger partial charge is 0.391 e. The van der Waals surface area contributed by atoms with Crippen LogP contribution in [0.3, 0.4) is 0 Å². The molecule has 3 N–H and O–H groups in total. The minimum atomic E-state index is -0.394. The molecular weight excluding hydrogens is 290 g/mol. The molecule has 126 valence electrons. The molecule has 0 bridgehead atoms. The summed E-state index contributed by atoms with van der Waals surface area (Å²) in [7, 11) is 0. The molecule has 2 amide bonds. The Morgan fingerprint density at radius 1 is 1.00 bits per heavy atom. The van der Waals surface area contributed by atoms with E-state index in [1.165, 1.54) is 5.69 Å². The van der Waals surface area contributed by atoms with E-state index in [4.69, 9.17) is 0 Å². The third kappa shape index (κ3) is 4.38. The molecule has 1 saturated carbocycles. The number of aliphatic hydroxyl groups is 1. The van der Waals surface area contributed by atoms with E-state index >= 15 is 0 Å². The molecule has 1 saturated heterocycles. The molecule has 2 fully saturated rings. The molecular formula is C18H27N3O2. The number of aliphatic hydroxyl groups excluding tert-OH is 1. The highest BCUT2D eigenvalue weighted by molar-refractivity contribution is 5.74. The van der Waals surface area contributed by atoms with Gasteiger partial charge in [-0.05, 0) is 37.8 Å². The van der Waals surface area contributed by atoms with Crippen molar-refractivity contribution >= 4 is 11.7 Å². The van der Waals surface area contributed by atoms with Crippen LogP contribution in [0.2, 0.25) is 0 Å². The number of anilines is 1. The monoisotopic (exact) mass is 317 g/mol. The van der Waals surface area contributed by atoms with Crippen molar-refractivity contribution in [3.8, 4) is 0 Å². The number of carbonyl (C=O) groups is 1. The molecule has 2 aliphatic rings. The molecule has 2 atom stereocenters. The number of para-hydroxylation sites is 1. The minimum Gasteiger partial charge on any atom is -0.391 e. The number of nitrogens with one attached hydrogen (secondary N) is 2. The summed E-state index contributed by atoms with van der Waals surface area (Å²) in [5.41, 5.74) is 1.25. The highest BCUT2D eigenvalue weighted by Gasteiger charge is 2.26. The van der Waals surface area contributed by atoms with E-state index in [2.05, 4.69) is 39.8 Å². The molecule has 3 rings (SSSR count). The predicted octanol–water partition coefficient (Wildman–Crippen LogP) is 2.26. The van der Waals surface area contributed by atoms with Gasteiger partial charge in [-0.25, -0.2) is 4.79 Å². The highest BCUT2D eigenvalue weighted by Crippen LogP contribution is 2.20. The molecule has 2 unspecified atom stereocenters. The first-order valence-corrected chi connectivity index (χ1v) is 8.77. The topological polar surface area (TPSA) is 64.6 Å². The number of carbonyl (C=O) groups excluding carboxylic acids is 1. The maximum Gasteiger partial charge on any atom is 0.315 e. The minimum absolute atomic E-state index is 0.0897. The second kappa shape index (κ2) is 7.68. The van der Waals surface area contributed by atoms with Gasteiger partial charge in [0, 0.05) is 24.8 Å². The molecule has 1 heterocycles. The summed E-state index contributed by atoms with van der Waals surface area (Å²) in [5, 5.41) is 16.0. The number of piperidine rings is 1. The fourth-order valence-corrected chi connectivity index (χ4v) is 3.60. The smallest absolute Gasteiger partial charge is 0.315 e. The summed E-state index contributed by atoms with van der Waals surface area (Å²) in [4.78, 5) is 14.5.